The molecule has 1 N–H and O–H groups in total. The van der Waals surface area contributed by atoms with Crippen molar-refractivity contribution in [2.24, 2.45) is 4.99 Å². The number of rotatable bonds is 3. The van der Waals surface area contributed by atoms with E-state index in [9.17, 15) is 14.7 Å². The van der Waals surface area contributed by atoms with Gasteiger partial charge in [-0.3, -0.25) is 4.90 Å². The Kier molecular flexibility index (Phi) is 6.96. The topological polar surface area (TPSA) is 89.3 Å². The zero-order chi connectivity index (χ0) is 29.5. The highest BCUT2D eigenvalue weighted by atomic mass is 19.1. The molecule has 0 bridgehead atoms. The van der Waals surface area contributed by atoms with Crippen LogP contribution in [0, 0.1) is 12.7 Å². The molecule has 1 amide bonds. The molecule has 1 saturated heterocycles. The Morgan fingerprint density at radius 2 is 1.69 bits per heavy atom. The molecule has 6 rings (SSSR count). The third kappa shape index (κ3) is 4.58. The number of nitrogens with zero attached hydrogens (tertiary/aromatic N) is 5. The molecule has 3 heterocycles. The van der Waals surface area contributed by atoms with Crippen molar-refractivity contribution in [1.29, 1.82) is 0 Å². The number of aromatic nitrogens is 1. The second kappa shape index (κ2) is 10.8. The van der Waals surface area contributed by atoms with Gasteiger partial charge in [0.25, 0.3) is 0 Å². The molecule has 4 aromatic rings. The van der Waals surface area contributed by atoms with Crippen LogP contribution in [0.25, 0.3) is 22.0 Å². The standard InChI is InChI=1S/C33H30FN5O3/c1-20(2)23-12-6-8-21(3)30(23)39-28(19-40)35-31(37-14-16-38(17-15-37)33(41)42)26-18-27(34)29(36-32(26)39)25-13-7-10-22-9-4-5-11-24(22)25/h4-13,18,20H,14-17H2,1-3H3,(H,41,42). The zero-order valence-corrected chi connectivity index (χ0v) is 23.6. The molecule has 8 nitrogen and oxygen atoms in total. The number of benzene rings is 3. The van der Waals surface area contributed by atoms with Crippen LogP contribution in [-0.2, 0) is 4.79 Å². The molecule has 1 fully saturated rings. The molecule has 2 aliphatic rings. The molecule has 212 valence electrons. The molecule has 0 saturated carbocycles. The van der Waals surface area contributed by atoms with Gasteiger partial charge in [0.2, 0.25) is 5.82 Å². The van der Waals surface area contributed by atoms with Crippen LogP contribution in [0.3, 0.4) is 0 Å². The van der Waals surface area contributed by atoms with Crippen molar-refractivity contribution in [3.8, 4) is 11.3 Å². The van der Waals surface area contributed by atoms with Crippen molar-refractivity contribution in [3.63, 3.8) is 0 Å². The number of carbonyl (C=O) groups excluding carboxylic acids is 1. The lowest BCUT2D eigenvalue weighted by molar-refractivity contribution is 0.124. The van der Waals surface area contributed by atoms with Gasteiger partial charge in [0, 0.05) is 31.7 Å². The van der Waals surface area contributed by atoms with Gasteiger partial charge < -0.3 is 14.9 Å². The molecule has 2 aliphatic heterocycles. The van der Waals surface area contributed by atoms with Crippen LogP contribution in [0.15, 0.2) is 77.5 Å². The summed E-state index contributed by atoms with van der Waals surface area (Å²) in [6.07, 6.45) is -0.992. The summed E-state index contributed by atoms with van der Waals surface area (Å²) in [5, 5.41) is 11.3. The molecule has 0 radical (unpaired) electrons. The van der Waals surface area contributed by atoms with Gasteiger partial charge in [-0.25, -0.2) is 24.0 Å². The maximum atomic E-state index is 16.2. The molecule has 0 atom stereocenters. The minimum Gasteiger partial charge on any atom is -0.465 e. The van der Waals surface area contributed by atoms with E-state index in [1.807, 2.05) is 78.4 Å². The first-order valence-electron chi connectivity index (χ1n) is 13.9. The molecular weight excluding hydrogens is 533 g/mol. The van der Waals surface area contributed by atoms with E-state index >= 15 is 4.39 Å². The van der Waals surface area contributed by atoms with Gasteiger partial charge in [-0.2, -0.15) is 0 Å². The smallest absolute Gasteiger partial charge is 0.407 e. The van der Waals surface area contributed by atoms with Crippen LogP contribution in [0.2, 0.25) is 0 Å². The van der Waals surface area contributed by atoms with Crippen molar-refractivity contribution in [2.75, 3.05) is 31.1 Å². The quantitative estimate of drug-likeness (QED) is 0.293. The average molecular weight is 564 g/mol. The van der Waals surface area contributed by atoms with Gasteiger partial charge in [0.05, 0.1) is 11.3 Å². The number of piperazine rings is 1. The maximum absolute atomic E-state index is 16.2. The Bertz CT molecular complexity index is 1800. The van der Waals surface area contributed by atoms with E-state index in [2.05, 4.69) is 13.8 Å². The monoisotopic (exact) mass is 563 g/mol. The highest BCUT2D eigenvalue weighted by molar-refractivity contribution is 6.08. The molecule has 3 aromatic carbocycles. The summed E-state index contributed by atoms with van der Waals surface area (Å²) in [6, 6.07) is 20.8. The Morgan fingerprint density at radius 3 is 2.40 bits per heavy atom. The average Bonchev–Trinajstić information content (AvgIpc) is 3.00. The summed E-state index contributed by atoms with van der Waals surface area (Å²) in [5.41, 5.74) is 3.88. The van der Waals surface area contributed by atoms with Crippen LogP contribution in [0.5, 0.6) is 0 Å². The van der Waals surface area contributed by atoms with Gasteiger partial charge in [0.15, 0.2) is 11.8 Å². The first kappa shape index (κ1) is 27.2. The van der Waals surface area contributed by atoms with E-state index in [1.165, 1.54) is 11.0 Å². The predicted octanol–water partition coefficient (Wildman–Crippen LogP) is 6.34. The predicted molar refractivity (Wildman–Crippen MR) is 161 cm³/mol. The van der Waals surface area contributed by atoms with Gasteiger partial charge >= 0.3 is 6.09 Å². The molecule has 0 aliphatic carbocycles. The summed E-state index contributed by atoms with van der Waals surface area (Å²) < 4.78 is 16.2. The molecule has 42 heavy (non-hydrogen) atoms. The third-order valence-electron chi connectivity index (χ3n) is 7.93. The Labute approximate surface area is 243 Å². The second-order valence-electron chi connectivity index (χ2n) is 10.8. The Balaban J connectivity index is 1.60. The number of amidine groups is 1. The number of halogens is 1. The van der Waals surface area contributed by atoms with E-state index in [1.54, 1.807) is 4.90 Å². The first-order valence-corrected chi connectivity index (χ1v) is 13.9. The summed E-state index contributed by atoms with van der Waals surface area (Å²) in [5.74, 6) is 2.38. The molecule has 9 heteroatoms. The van der Waals surface area contributed by atoms with Crippen LogP contribution >= 0.6 is 0 Å². The Hall–Kier alpha value is -5.01. The molecule has 0 unspecified atom stereocenters. The number of para-hydroxylation sites is 1. The van der Waals surface area contributed by atoms with E-state index in [4.69, 9.17) is 9.98 Å². The van der Waals surface area contributed by atoms with Gasteiger partial charge in [0.1, 0.15) is 17.3 Å². The van der Waals surface area contributed by atoms with Gasteiger partial charge in [-0.1, -0.05) is 74.5 Å². The van der Waals surface area contributed by atoms with Crippen molar-refractivity contribution in [3.05, 3.63) is 95.1 Å². The van der Waals surface area contributed by atoms with E-state index < -0.39 is 11.9 Å². The minimum absolute atomic E-state index is 0.0114. The molecular formula is C33H30FN5O3. The normalized spacial score (nSPS) is 15.1. The third-order valence-corrected chi connectivity index (χ3v) is 7.93. The molecule has 1 aromatic heterocycles. The van der Waals surface area contributed by atoms with Crippen LogP contribution in [-0.4, -0.2) is 63.9 Å². The lowest BCUT2D eigenvalue weighted by atomic mass is 9.96. The number of anilines is 2. The lowest BCUT2D eigenvalue weighted by Crippen LogP contribution is -2.51. The second-order valence-corrected chi connectivity index (χ2v) is 10.8. The number of carbonyl (C=O) groups is 1. The number of hydrogen-bond donors (Lipinski definition) is 1. The van der Waals surface area contributed by atoms with Crippen LogP contribution < -0.4 is 4.90 Å². The van der Waals surface area contributed by atoms with E-state index in [0.29, 0.717) is 35.9 Å². The number of aryl methyl sites for hydroxylation is 1. The van der Waals surface area contributed by atoms with Crippen molar-refractivity contribution in [1.82, 2.24) is 14.8 Å². The SMILES string of the molecule is Cc1cccc(C(C)C)c1N1C(=C=O)N=C(N2CCN(C(=O)O)CC2)c2cc(F)c(-c3cccc4ccccc34)nc21. The van der Waals surface area contributed by atoms with Gasteiger partial charge in [-0.15, -0.1) is 0 Å². The number of carboxylic acid groups (broad SMARTS) is 1. The largest absolute Gasteiger partial charge is 0.465 e. The lowest BCUT2D eigenvalue weighted by Gasteiger charge is -2.39. The fraction of sp³-hybridized carbons (Fsp3) is 0.242. The number of pyridine rings is 1. The zero-order valence-electron chi connectivity index (χ0n) is 23.6. The van der Waals surface area contributed by atoms with Crippen LogP contribution in [0.4, 0.5) is 20.7 Å². The fourth-order valence-electron chi connectivity index (χ4n) is 5.83. The van der Waals surface area contributed by atoms with E-state index in [-0.39, 0.29) is 30.5 Å². The van der Waals surface area contributed by atoms with Crippen LogP contribution in [0.1, 0.15) is 36.5 Å². The Morgan fingerprint density at radius 1 is 0.976 bits per heavy atom. The highest BCUT2D eigenvalue weighted by Crippen LogP contribution is 2.43. The minimum atomic E-state index is -0.992. The number of hydrogen-bond acceptors (Lipinski definition) is 6. The maximum Gasteiger partial charge on any atom is 0.407 e. The first-order chi connectivity index (χ1) is 20.3. The van der Waals surface area contributed by atoms with Gasteiger partial charge in [-0.05, 0) is 40.8 Å². The summed E-state index contributed by atoms with van der Waals surface area (Å²) in [7, 11) is 0. The van der Waals surface area contributed by atoms with Crippen molar-refractivity contribution < 1.29 is 19.1 Å². The summed E-state index contributed by atoms with van der Waals surface area (Å²) in [6.45, 7) is 7.30. The highest BCUT2D eigenvalue weighted by Gasteiger charge is 2.35. The van der Waals surface area contributed by atoms with Crippen molar-refractivity contribution in [2.45, 2.75) is 26.7 Å². The number of fused-ring (bicyclic) bond motifs is 2. The van der Waals surface area contributed by atoms with Crippen molar-refractivity contribution >= 4 is 40.1 Å². The fourth-order valence-corrected chi connectivity index (χ4v) is 5.83. The molecule has 0 spiro atoms. The van der Waals surface area contributed by atoms with E-state index in [0.717, 1.165) is 27.6 Å². The summed E-state index contributed by atoms with van der Waals surface area (Å²) in [4.78, 5) is 38.7. The number of aliphatic imine (C=N–C) groups is 1. The summed E-state index contributed by atoms with van der Waals surface area (Å²) >= 11 is 0. The number of amides is 1.